The molecule has 0 aliphatic carbocycles. The molecule has 1 N–H and O–H groups in total. The van der Waals surface area contributed by atoms with E-state index >= 15 is 0 Å². The molecule has 0 atom stereocenters. The maximum absolute atomic E-state index is 11.2. The van der Waals surface area contributed by atoms with Crippen LogP contribution in [0, 0.1) is 0 Å². The third-order valence-electron chi connectivity index (χ3n) is 3.26. The van der Waals surface area contributed by atoms with Gasteiger partial charge in [0.2, 0.25) is 5.91 Å². The van der Waals surface area contributed by atoms with Gasteiger partial charge in [0.15, 0.2) is 0 Å². The van der Waals surface area contributed by atoms with Crippen molar-refractivity contribution >= 4 is 11.6 Å². The summed E-state index contributed by atoms with van der Waals surface area (Å²) in [4.78, 5) is 11.2. The van der Waals surface area contributed by atoms with Crippen molar-refractivity contribution in [1.82, 2.24) is 0 Å². The number of anilines is 1. The van der Waals surface area contributed by atoms with Crippen LogP contribution < -0.4 is 10.1 Å². The number of rotatable bonds is 4. The summed E-state index contributed by atoms with van der Waals surface area (Å²) in [5.41, 5.74) is 2.10. The Morgan fingerprint density at radius 2 is 1.55 bits per heavy atom. The highest BCUT2D eigenvalue weighted by Gasteiger charge is 2.13. The van der Waals surface area contributed by atoms with Crippen molar-refractivity contribution in [2.45, 2.75) is 26.2 Å². The van der Waals surface area contributed by atoms with Gasteiger partial charge in [0.05, 0.1) is 0 Å². The first-order valence-electron chi connectivity index (χ1n) is 7.20. The Hall–Kier alpha value is -2.55. The molecule has 0 saturated carbocycles. The molecular weight excluding hydrogens is 274 g/mol. The van der Waals surface area contributed by atoms with Crippen molar-refractivity contribution in [2.24, 2.45) is 0 Å². The quantitative estimate of drug-likeness (QED) is 0.793. The summed E-state index contributed by atoms with van der Waals surface area (Å²) in [6.45, 7) is 9.96. The predicted octanol–water partition coefficient (Wildman–Crippen LogP) is 5.15. The van der Waals surface area contributed by atoms with Gasteiger partial charge >= 0.3 is 0 Å². The van der Waals surface area contributed by atoms with E-state index in [1.54, 1.807) is 12.1 Å². The average Bonchev–Trinajstić information content (AvgIpc) is 2.49. The first-order valence-corrected chi connectivity index (χ1v) is 7.20. The first kappa shape index (κ1) is 15.8. The molecule has 0 bridgehead atoms. The molecule has 0 fully saturated rings. The van der Waals surface area contributed by atoms with E-state index in [0.29, 0.717) is 5.69 Å². The van der Waals surface area contributed by atoms with Crippen LogP contribution in [-0.2, 0) is 10.2 Å². The number of nitrogens with one attached hydrogen (secondary N) is 1. The van der Waals surface area contributed by atoms with Crippen LogP contribution in [0.2, 0.25) is 0 Å². The molecule has 0 radical (unpaired) electrons. The lowest BCUT2D eigenvalue weighted by Crippen LogP contribution is -2.10. The number of hydrogen-bond donors (Lipinski definition) is 1. The van der Waals surface area contributed by atoms with Gasteiger partial charge in [-0.2, -0.15) is 0 Å². The van der Waals surface area contributed by atoms with Crippen LogP contribution >= 0.6 is 0 Å². The van der Waals surface area contributed by atoms with E-state index in [0.717, 1.165) is 11.5 Å². The van der Waals surface area contributed by atoms with Crippen molar-refractivity contribution in [2.75, 3.05) is 5.32 Å². The smallest absolute Gasteiger partial charge is 0.247 e. The van der Waals surface area contributed by atoms with E-state index in [9.17, 15) is 4.79 Å². The van der Waals surface area contributed by atoms with E-state index < -0.39 is 0 Å². The Bertz CT molecular complexity index is 655. The van der Waals surface area contributed by atoms with Crippen molar-refractivity contribution in [3.05, 3.63) is 66.7 Å². The van der Waals surface area contributed by atoms with Crippen molar-refractivity contribution in [1.29, 1.82) is 0 Å². The molecule has 2 rings (SSSR count). The Kier molecular flexibility index (Phi) is 4.66. The van der Waals surface area contributed by atoms with Crippen LogP contribution in [0.5, 0.6) is 11.5 Å². The summed E-state index contributed by atoms with van der Waals surface area (Å²) in [5, 5.41) is 2.69. The summed E-state index contributed by atoms with van der Waals surface area (Å²) in [7, 11) is 0. The van der Waals surface area contributed by atoms with E-state index in [2.05, 4.69) is 44.8 Å². The molecule has 2 aromatic rings. The molecule has 0 heterocycles. The van der Waals surface area contributed by atoms with E-state index in [-0.39, 0.29) is 12.7 Å². The lowest BCUT2D eigenvalue weighted by Gasteiger charge is -2.19. The van der Waals surface area contributed by atoms with Crippen molar-refractivity contribution in [3.63, 3.8) is 0 Å². The lowest BCUT2D eigenvalue weighted by atomic mass is 9.87. The van der Waals surface area contributed by atoms with Gasteiger partial charge in [0.25, 0.3) is 0 Å². The zero-order valence-corrected chi connectivity index (χ0v) is 13.2. The number of carbonyl (C=O) groups excluding carboxylic acids is 1. The SMILES string of the molecule is C=CC(=O)Nc1ccc(Oc2ccc(C(C)(C)C)cc2)cc1.[HH]. The molecule has 0 spiro atoms. The van der Waals surface area contributed by atoms with Crippen LogP contribution in [0.1, 0.15) is 27.8 Å². The second-order valence-corrected chi connectivity index (χ2v) is 6.09. The number of benzene rings is 2. The van der Waals surface area contributed by atoms with Gasteiger partial charge in [-0.15, -0.1) is 0 Å². The third-order valence-corrected chi connectivity index (χ3v) is 3.26. The highest BCUT2D eigenvalue weighted by molar-refractivity contribution is 5.98. The van der Waals surface area contributed by atoms with Gasteiger partial charge in [-0.3, -0.25) is 4.79 Å². The molecule has 0 aromatic heterocycles. The zero-order valence-electron chi connectivity index (χ0n) is 13.2. The minimum absolute atomic E-state index is 0. The molecule has 3 heteroatoms. The lowest BCUT2D eigenvalue weighted by molar-refractivity contribution is -0.111. The van der Waals surface area contributed by atoms with E-state index in [1.165, 1.54) is 11.6 Å². The summed E-state index contributed by atoms with van der Waals surface area (Å²) in [6.07, 6.45) is 1.24. The standard InChI is InChI=1S/C19H21NO2.H2/c1-5-18(21)20-15-8-12-17(13-9-15)22-16-10-6-14(7-11-16)19(2,3)4;/h5-13H,1H2,2-4H3,(H,20,21);1H. The van der Waals surface area contributed by atoms with Gasteiger partial charge in [-0.1, -0.05) is 39.5 Å². The molecule has 0 unspecified atom stereocenters. The van der Waals surface area contributed by atoms with E-state index in [1.807, 2.05) is 24.3 Å². The summed E-state index contributed by atoms with van der Waals surface area (Å²) < 4.78 is 5.80. The minimum atomic E-state index is -0.230. The molecule has 0 aliphatic heterocycles. The summed E-state index contributed by atoms with van der Waals surface area (Å²) >= 11 is 0. The largest absolute Gasteiger partial charge is 0.457 e. The average molecular weight is 297 g/mol. The van der Waals surface area contributed by atoms with Crippen molar-refractivity contribution in [3.8, 4) is 11.5 Å². The van der Waals surface area contributed by atoms with Crippen molar-refractivity contribution < 1.29 is 11.0 Å². The number of ether oxygens (including phenoxy) is 1. The predicted molar refractivity (Wildman–Crippen MR) is 92.6 cm³/mol. The molecule has 0 saturated heterocycles. The molecule has 3 nitrogen and oxygen atoms in total. The van der Waals surface area contributed by atoms with Crippen LogP contribution in [0.4, 0.5) is 5.69 Å². The van der Waals surface area contributed by atoms with Gasteiger partial charge in [0.1, 0.15) is 11.5 Å². The fourth-order valence-corrected chi connectivity index (χ4v) is 1.96. The van der Waals surface area contributed by atoms with Crippen LogP contribution in [0.15, 0.2) is 61.2 Å². The number of amides is 1. The maximum atomic E-state index is 11.2. The van der Waals surface area contributed by atoms with Gasteiger partial charge in [-0.25, -0.2) is 0 Å². The second-order valence-electron chi connectivity index (χ2n) is 6.09. The van der Waals surface area contributed by atoms with Crippen LogP contribution in [0.25, 0.3) is 0 Å². The maximum Gasteiger partial charge on any atom is 0.247 e. The highest BCUT2D eigenvalue weighted by atomic mass is 16.5. The molecule has 1 amide bonds. The fourth-order valence-electron chi connectivity index (χ4n) is 1.96. The van der Waals surface area contributed by atoms with Crippen LogP contribution in [-0.4, -0.2) is 5.91 Å². The summed E-state index contributed by atoms with van der Waals surface area (Å²) in [5.74, 6) is 1.28. The normalized spacial score (nSPS) is 10.9. The van der Waals surface area contributed by atoms with Gasteiger partial charge < -0.3 is 10.1 Å². The molecule has 2 aromatic carbocycles. The Morgan fingerprint density at radius 3 is 2.00 bits per heavy atom. The van der Waals surface area contributed by atoms with Crippen LogP contribution in [0.3, 0.4) is 0 Å². The molecule has 0 aliphatic rings. The zero-order chi connectivity index (χ0) is 16.2. The Morgan fingerprint density at radius 1 is 1.05 bits per heavy atom. The molecule has 22 heavy (non-hydrogen) atoms. The minimum Gasteiger partial charge on any atom is -0.457 e. The monoisotopic (exact) mass is 297 g/mol. The number of carbonyl (C=O) groups is 1. The van der Waals surface area contributed by atoms with E-state index in [4.69, 9.17) is 4.74 Å². The summed E-state index contributed by atoms with van der Waals surface area (Å²) in [6, 6.07) is 15.3. The van der Waals surface area contributed by atoms with Gasteiger partial charge in [-0.05, 0) is 53.5 Å². The van der Waals surface area contributed by atoms with Gasteiger partial charge in [0, 0.05) is 7.11 Å². The second kappa shape index (κ2) is 6.48. The molecular formula is C19H23NO2. The molecule has 116 valence electrons. The Labute approximate surface area is 133 Å². The number of hydrogen-bond acceptors (Lipinski definition) is 2. The topological polar surface area (TPSA) is 38.3 Å². The third kappa shape index (κ3) is 4.22. The Balaban J connectivity index is 0.00000264. The first-order chi connectivity index (χ1) is 10.4. The highest BCUT2D eigenvalue weighted by Crippen LogP contribution is 2.27. The fraction of sp³-hybridized carbons (Fsp3) is 0.211.